The number of allylic oxidation sites excluding steroid dienone is 1. The van der Waals surface area contributed by atoms with Gasteiger partial charge in [-0.3, -0.25) is 0 Å². The molecule has 0 aromatic heterocycles. The van der Waals surface area contributed by atoms with Crippen LogP contribution in [0.5, 0.6) is 0 Å². The van der Waals surface area contributed by atoms with Gasteiger partial charge in [0.15, 0.2) is 0 Å². The average molecular weight is 446 g/mol. The summed E-state index contributed by atoms with van der Waals surface area (Å²) in [6.45, 7) is 0. The molecule has 26 heavy (non-hydrogen) atoms. The molecule has 0 nitrogen and oxygen atoms in total. The molecule has 0 heterocycles. The fraction of sp³-hybridized carbons (Fsp3) is 0.636. The first-order valence-corrected chi connectivity index (χ1v) is 11.2. The van der Waals surface area contributed by atoms with E-state index in [4.69, 9.17) is 11.6 Å². The lowest BCUT2D eigenvalue weighted by Gasteiger charge is -2.37. The van der Waals surface area contributed by atoms with Crippen LogP contribution in [-0.2, 0) is 6.42 Å². The second kappa shape index (κ2) is 9.68. The third-order valence-corrected chi connectivity index (χ3v) is 7.51. The molecule has 0 atom stereocenters. The van der Waals surface area contributed by atoms with Crippen molar-refractivity contribution in [2.24, 2.45) is 23.7 Å². The van der Waals surface area contributed by atoms with Gasteiger partial charge in [-0.2, -0.15) is 0 Å². The van der Waals surface area contributed by atoms with Crippen LogP contribution in [-0.4, -0.2) is 0 Å². The maximum Gasteiger partial charge on any atom is 0.140 e. The minimum Gasteiger partial charge on any atom is -0.206 e. The van der Waals surface area contributed by atoms with Crippen LogP contribution in [0, 0.1) is 35.3 Å². The van der Waals surface area contributed by atoms with E-state index >= 15 is 0 Å². The molecule has 2 saturated carbocycles. The van der Waals surface area contributed by atoms with E-state index in [1.807, 2.05) is 0 Å². The van der Waals surface area contributed by atoms with Crippen molar-refractivity contribution < 1.29 is 8.78 Å². The van der Waals surface area contributed by atoms with Crippen LogP contribution in [0.1, 0.15) is 63.4 Å². The van der Waals surface area contributed by atoms with Crippen molar-refractivity contribution in [1.29, 1.82) is 0 Å². The second-order valence-electron chi connectivity index (χ2n) is 8.19. The first kappa shape index (κ1) is 20.3. The molecule has 0 unspecified atom stereocenters. The molecule has 0 saturated heterocycles. The predicted molar refractivity (Wildman–Crippen MR) is 108 cm³/mol. The van der Waals surface area contributed by atoms with Crippen molar-refractivity contribution >= 4 is 27.5 Å². The lowest BCUT2D eigenvalue weighted by atomic mass is 9.68. The zero-order chi connectivity index (χ0) is 18.5. The minimum atomic E-state index is -0.497. The number of hydrogen-bond acceptors (Lipinski definition) is 0. The predicted octanol–water partition coefficient (Wildman–Crippen LogP) is 8.03. The summed E-state index contributed by atoms with van der Waals surface area (Å²) < 4.78 is 27.2. The molecule has 4 heteroatoms. The van der Waals surface area contributed by atoms with Crippen LogP contribution in [0.25, 0.3) is 0 Å². The summed E-state index contributed by atoms with van der Waals surface area (Å²) in [5.74, 6) is 2.18. The van der Waals surface area contributed by atoms with E-state index in [2.05, 4.69) is 22.0 Å². The summed E-state index contributed by atoms with van der Waals surface area (Å²) in [5.41, 5.74) is 2.45. The van der Waals surface area contributed by atoms with Crippen molar-refractivity contribution in [3.63, 3.8) is 0 Å². The van der Waals surface area contributed by atoms with Gasteiger partial charge < -0.3 is 0 Å². The Morgan fingerprint density at radius 3 is 2.00 bits per heavy atom. The lowest BCUT2D eigenvalue weighted by molar-refractivity contribution is 0.153. The van der Waals surface area contributed by atoms with Gasteiger partial charge in [0.05, 0.1) is 4.47 Å². The number of benzene rings is 1. The molecule has 3 rings (SSSR count). The van der Waals surface area contributed by atoms with Crippen LogP contribution in [0.15, 0.2) is 28.2 Å². The Bertz CT molecular complexity index is 592. The van der Waals surface area contributed by atoms with Crippen LogP contribution in [0.3, 0.4) is 0 Å². The molecule has 0 N–H and O–H groups in total. The summed E-state index contributed by atoms with van der Waals surface area (Å²) in [6.07, 6.45) is 14.4. The molecular formula is C22H28BrClF2. The Hall–Kier alpha value is -0.410. The molecule has 0 spiro atoms. The number of rotatable bonds is 5. The van der Waals surface area contributed by atoms with Crippen molar-refractivity contribution in [1.82, 2.24) is 0 Å². The Morgan fingerprint density at radius 1 is 0.923 bits per heavy atom. The van der Waals surface area contributed by atoms with Crippen molar-refractivity contribution in [2.45, 2.75) is 64.2 Å². The maximum absolute atomic E-state index is 13.6. The van der Waals surface area contributed by atoms with Crippen molar-refractivity contribution in [3.8, 4) is 0 Å². The first-order valence-electron chi connectivity index (χ1n) is 9.97. The number of halogens is 4. The van der Waals surface area contributed by atoms with Gasteiger partial charge in [-0.05, 0) is 109 Å². The highest BCUT2D eigenvalue weighted by atomic mass is 79.9. The quantitative estimate of drug-likeness (QED) is 0.402. The summed E-state index contributed by atoms with van der Waals surface area (Å²) in [5, 5.41) is 0. The Kier molecular flexibility index (Phi) is 7.57. The van der Waals surface area contributed by atoms with Gasteiger partial charge in [0.1, 0.15) is 11.6 Å². The zero-order valence-corrected chi connectivity index (χ0v) is 17.5. The Balaban J connectivity index is 1.42. The van der Waals surface area contributed by atoms with E-state index in [-0.39, 0.29) is 4.47 Å². The van der Waals surface area contributed by atoms with E-state index in [9.17, 15) is 8.78 Å². The van der Waals surface area contributed by atoms with Gasteiger partial charge >= 0.3 is 0 Å². The van der Waals surface area contributed by atoms with Crippen LogP contribution < -0.4 is 0 Å². The third-order valence-electron chi connectivity index (χ3n) is 6.60. The van der Waals surface area contributed by atoms with E-state index in [1.165, 1.54) is 63.5 Å². The highest BCUT2D eigenvalue weighted by Crippen LogP contribution is 2.42. The molecule has 2 fully saturated rings. The van der Waals surface area contributed by atoms with E-state index in [0.717, 1.165) is 30.2 Å². The molecule has 144 valence electrons. The van der Waals surface area contributed by atoms with Crippen LogP contribution in [0.2, 0.25) is 0 Å². The summed E-state index contributed by atoms with van der Waals surface area (Å²) in [6, 6.07) is 2.93. The van der Waals surface area contributed by atoms with Gasteiger partial charge in [-0.15, -0.1) is 0 Å². The fourth-order valence-corrected chi connectivity index (χ4v) is 5.42. The van der Waals surface area contributed by atoms with Gasteiger partial charge in [0.25, 0.3) is 0 Å². The average Bonchev–Trinajstić information content (AvgIpc) is 2.66. The normalized spacial score (nSPS) is 30.0. The number of aryl methyl sites for hydroxylation is 1. The van der Waals surface area contributed by atoms with Gasteiger partial charge in [0.2, 0.25) is 0 Å². The molecular weight excluding hydrogens is 418 g/mol. The van der Waals surface area contributed by atoms with Crippen molar-refractivity contribution in [3.05, 3.63) is 45.4 Å². The molecule has 2 aliphatic rings. The zero-order valence-electron chi connectivity index (χ0n) is 15.2. The molecule has 2 aliphatic carbocycles. The first-order chi connectivity index (χ1) is 12.6. The summed E-state index contributed by atoms with van der Waals surface area (Å²) in [7, 11) is 0. The van der Waals surface area contributed by atoms with Crippen molar-refractivity contribution in [2.75, 3.05) is 0 Å². The van der Waals surface area contributed by atoms with E-state index < -0.39 is 11.6 Å². The van der Waals surface area contributed by atoms with Gasteiger partial charge in [0, 0.05) is 5.54 Å². The molecule has 0 aliphatic heterocycles. The lowest BCUT2D eigenvalue weighted by Crippen LogP contribution is -2.25. The Labute approximate surface area is 169 Å². The SMILES string of the molecule is Fc1cc(CCC2CCC(C3CCC(/C=C/Cl)CC3)CC2)cc(F)c1Br. The molecule has 1 aromatic carbocycles. The summed E-state index contributed by atoms with van der Waals surface area (Å²) >= 11 is 8.65. The minimum absolute atomic E-state index is 0.0574. The Morgan fingerprint density at radius 2 is 1.46 bits per heavy atom. The second-order valence-corrected chi connectivity index (χ2v) is 9.23. The smallest absolute Gasteiger partial charge is 0.140 e. The standard InChI is InChI=1S/C22H28BrClF2/c23-22-20(25)13-17(14-21(22)26)2-1-15-3-7-18(8-4-15)19-9-5-16(6-10-19)11-12-24/h11-16,18-19H,1-10H2/b12-11+. The van der Waals surface area contributed by atoms with Crippen LogP contribution in [0.4, 0.5) is 8.78 Å². The van der Waals surface area contributed by atoms with E-state index in [0.29, 0.717) is 11.8 Å². The molecule has 0 amide bonds. The largest absolute Gasteiger partial charge is 0.206 e. The molecule has 0 bridgehead atoms. The topological polar surface area (TPSA) is 0 Å². The fourth-order valence-electron chi connectivity index (χ4n) is 4.98. The third kappa shape index (κ3) is 5.32. The van der Waals surface area contributed by atoms with Gasteiger partial charge in [-0.1, -0.05) is 30.5 Å². The molecule has 0 radical (unpaired) electrons. The number of hydrogen-bond donors (Lipinski definition) is 0. The monoisotopic (exact) mass is 444 g/mol. The van der Waals surface area contributed by atoms with Gasteiger partial charge in [-0.25, -0.2) is 8.78 Å². The highest BCUT2D eigenvalue weighted by molar-refractivity contribution is 9.10. The molecule has 1 aromatic rings. The highest BCUT2D eigenvalue weighted by Gasteiger charge is 2.30. The van der Waals surface area contributed by atoms with E-state index in [1.54, 1.807) is 5.54 Å². The van der Waals surface area contributed by atoms with Crippen LogP contribution >= 0.6 is 27.5 Å². The maximum atomic E-state index is 13.6. The summed E-state index contributed by atoms with van der Waals surface area (Å²) in [4.78, 5) is 0.